The Kier molecular flexibility index (Phi) is 4.74. The van der Waals surface area contributed by atoms with E-state index < -0.39 is 11.9 Å². The molecule has 24 heavy (non-hydrogen) atoms. The number of amides is 2. The smallest absolute Gasteiger partial charge is 0.261 e. The summed E-state index contributed by atoms with van der Waals surface area (Å²) in [5.74, 6) is -1.10. The maximum atomic E-state index is 13.6. The number of halogens is 1. The first kappa shape index (κ1) is 16.0. The van der Waals surface area contributed by atoms with Crippen molar-refractivity contribution >= 4 is 11.8 Å². The molecular weight excluding hydrogens is 311 g/mol. The zero-order chi connectivity index (χ0) is 16.9. The summed E-state index contributed by atoms with van der Waals surface area (Å²) in [5.41, 5.74) is 0.731. The molecule has 1 unspecified atom stereocenters. The van der Waals surface area contributed by atoms with Gasteiger partial charge in [-0.2, -0.15) is 0 Å². The maximum Gasteiger partial charge on any atom is 0.261 e. The van der Waals surface area contributed by atoms with Crippen LogP contribution in [-0.4, -0.2) is 36.4 Å². The predicted molar refractivity (Wildman–Crippen MR) is 85.8 cm³/mol. The van der Waals surface area contributed by atoms with Crippen LogP contribution in [0.5, 0.6) is 5.75 Å². The van der Waals surface area contributed by atoms with Crippen LogP contribution in [0, 0.1) is 5.82 Å². The normalized spacial score (nSPS) is 17.3. The molecule has 1 aliphatic heterocycles. The van der Waals surface area contributed by atoms with Gasteiger partial charge in [-0.15, -0.1) is 0 Å². The quantitative estimate of drug-likeness (QED) is 0.933. The van der Waals surface area contributed by atoms with E-state index in [4.69, 9.17) is 4.74 Å². The van der Waals surface area contributed by atoms with Crippen molar-refractivity contribution in [3.05, 3.63) is 66.0 Å². The topological polar surface area (TPSA) is 58.6 Å². The van der Waals surface area contributed by atoms with Crippen molar-refractivity contribution < 1.29 is 18.7 Å². The third kappa shape index (κ3) is 3.37. The first-order chi connectivity index (χ1) is 11.7. The molecule has 0 bridgehead atoms. The van der Waals surface area contributed by atoms with E-state index in [9.17, 15) is 14.0 Å². The second kappa shape index (κ2) is 7.12. The van der Waals surface area contributed by atoms with Crippen molar-refractivity contribution in [2.24, 2.45) is 0 Å². The first-order valence-electron chi connectivity index (χ1n) is 7.66. The molecule has 1 saturated heterocycles. The van der Waals surface area contributed by atoms with Gasteiger partial charge >= 0.3 is 0 Å². The van der Waals surface area contributed by atoms with Gasteiger partial charge in [-0.05, 0) is 17.7 Å². The van der Waals surface area contributed by atoms with Crippen LogP contribution in [0.25, 0.3) is 0 Å². The maximum absolute atomic E-state index is 13.6. The van der Waals surface area contributed by atoms with Gasteiger partial charge in [0.15, 0.2) is 18.2 Å². The lowest BCUT2D eigenvalue weighted by Gasteiger charge is -2.35. The molecule has 1 atom stereocenters. The summed E-state index contributed by atoms with van der Waals surface area (Å²) in [6.45, 7) is 0.440. The molecule has 5 nitrogen and oxygen atoms in total. The minimum Gasteiger partial charge on any atom is -0.481 e. The predicted octanol–water partition coefficient (Wildman–Crippen LogP) is 1.90. The molecule has 3 rings (SSSR count). The van der Waals surface area contributed by atoms with E-state index in [2.05, 4.69) is 5.32 Å². The molecule has 0 spiro atoms. The number of nitrogens with zero attached hydrogens (tertiary/aromatic N) is 1. The lowest BCUT2D eigenvalue weighted by molar-refractivity contribution is -0.145. The zero-order valence-electron chi connectivity index (χ0n) is 12.9. The SMILES string of the molecule is O=C1NCCN(C(=O)COc2ccccc2F)C1c1ccccc1. The summed E-state index contributed by atoms with van der Waals surface area (Å²) in [4.78, 5) is 26.2. The van der Waals surface area contributed by atoms with Gasteiger partial charge in [-0.3, -0.25) is 9.59 Å². The minimum atomic E-state index is -0.698. The molecule has 1 N–H and O–H groups in total. The molecule has 0 saturated carbocycles. The fourth-order valence-electron chi connectivity index (χ4n) is 2.69. The van der Waals surface area contributed by atoms with Crippen LogP contribution >= 0.6 is 0 Å². The van der Waals surface area contributed by atoms with Crippen molar-refractivity contribution in [1.29, 1.82) is 0 Å². The van der Waals surface area contributed by atoms with Gasteiger partial charge in [-0.1, -0.05) is 42.5 Å². The van der Waals surface area contributed by atoms with Crippen molar-refractivity contribution in [3.8, 4) is 5.75 Å². The van der Waals surface area contributed by atoms with Crippen LogP contribution in [-0.2, 0) is 9.59 Å². The first-order valence-corrected chi connectivity index (χ1v) is 7.66. The molecule has 1 aliphatic rings. The van der Waals surface area contributed by atoms with E-state index in [-0.39, 0.29) is 24.2 Å². The van der Waals surface area contributed by atoms with E-state index in [0.29, 0.717) is 13.1 Å². The van der Waals surface area contributed by atoms with Crippen molar-refractivity contribution in [2.75, 3.05) is 19.7 Å². The Hall–Kier alpha value is -2.89. The largest absolute Gasteiger partial charge is 0.481 e. The summed E-state index contributed by atoms with van der Waals surface area (Å²) in [7, 11) is 0. The fraction of sp³-hybridized carbons (Fsp3) is 0.222. The van der Waals surface area contributed by atoms with Crippen LogP contribution in [0.15, 0.2) is 54.6 Å². The van der Waals surface area contributed by atoms with Crippen LogP contribution in [0.2, 0.25) is 0 Å². The van der Waals surface area contributed by atoms with Crippen LogP contribution in [0.1, 0.15) is 11.6 Å². The van der Waals surface area contributed by atoms with Crippen LogP contribution < -0.4 is 10.1 Å². The Morgan fingerprint density at radius 3 is 2.62 bits per heavy atom. The molecule has 0 radical (unpaired) electrons. The van der Waals surface area contributed by atoms with E-state index in [0.717, 1.165) is 5.56 Å². The molecule has 0 aliphatic carbocycles. The Balaban J connectivity index is 1.74. The highest BCUT2D eigenvalue weighted by Gasteiger charge is 2.34. The Labute approximate surface area is 139 Å². The third-order valence-corrected chi connectivity index (χ3v) is 3.84. The number of hydrogen-bond donors (Lipinski definition) is 1. The summed E-state index contributed by atoms with van der Waals surface area (Å²) in [6.07, 6.45) is 0. The fourth-order valence-corrected chi connectivity index (χ4v) is 2.69. The van der Waals surface area contributed by atoms with Gasteiger partial charge in [0, 0.05) is 13.1 Å². The Morgan fingerprint density at radius 1 is 1.17 bits per heavy atom. The highest BCUT2D eigenvalue weighted by atomic mass is 19.1. The lowest BCUT2D eigenvalue weighted by atomic mass is 10.0. The second-order valence-corrected chi connectivity index (χ2v) is 5.41. The number of rotatable bonds is 4. The molecule has 1 fully saturated rings. The number of para-hydroxylation sites is 1. The highest BCUT2D eigenvalue weighted by Crippen LogP contribution is 2.23. The molecule has 0 aromatic heterocycles. The monoisotopic (exact) mass is 328 g/mol. The number of benzene rings is 2. The van der Waals surface area contributed by atoms with Gasteiger partial charge in [0.2, 0.25) is 5.91 Å². The van der Waals surface area contributed by atoms with Crippen LogP contribution in [0.4, 0.5) is 4.39 Å². The number of hydrogen-bond acceptors (Lipinski definition) is 3. The average molecular weight is 328 g/mol. The number of nitrogens with one attached hydrogen (secondary N) is 1. The molecule has 2 aromatic rings. The van der Waals surface area contributed by atoms with Gasteiger partial charge in [0.05, 0.1) is 0 Å². The van der Waals surface area contributed by atoms with Gasteiger partial charge in [-0.25, -0.2) is 4.39 Å². The summed E-state index contributed by atoms with van der Waals surface area (Å²) < 4.78 is 18.8. The van der Waals surface area contributed by atoms with E-state index >= 15 is 0 Å². The van der Waals surface area contributed by atoms with Crippen molar-refractivity contribution in [2.45, 2.75) is 6.04 Å². The molecule has 6 heteroatoms. The molecular formula is C18H17FN2O3. The standard InChI is InChI=1S/C18H17FN2O3/c19-14-8-4-5-9-15(14)24-12-16(22)21-11-10-20-18(23)17(21)13-6-2-1-3-7-13/h1-9,17H,10-12H2,(H,20,23). The van der Waals surface area contributed by atoms with Gasteiger partial charge in [0.1, 0.15) is 6.04 Å². The van der Waals surface area contributed by atoms with Crippen molar-refractivity contribution in [3.63, 3.8) is 0 Å². The number of piperazine rings is 1. The highest BCUT2D eigenvalue weighted by molar-refractivity contribution is 5.90. The molecule has 2 amide bonds. The summed E-state index contributed by atoms with van der Waals surface area (Å²) in [6, 6.07) is 14.3. The van der Waals surface area contributed by atoms with Crippen molar-refractivity contribution in [1.82, 2.24) is 10.2 Å². The lowest BCUT2D eigenvalue weighted by Crippen LogP contribution is -2.53. The van der Waals surface area contributed by atoms with Crippen LogP contribution in [0.3, 0.4) is 0 Å². The third-order valence-electron chi connectivity index (χ3n) is 3.84. The summed E-state index contributed by atoms with van der Waals surface area (Å²) in [5, 5.41) is 2.76. The zero-order valence-corrected chi connectivity index (χ0v) is 12.9. The summed E-state index contributed by atoms with van der Waals surface area (Å²) >= 11 is 0. The second-order valence-electron chi connectivity index (χ2n) is 5.41. The number of carbonyl (C=O) groups excluding carboxylic acids is 2. The minimum absolute atomic E-state index is 0.0172. The molecule has 124 valence electrons. The Morgan fingerprint density at radius 2 is 1.88 bits per heavy atom. The van der Waals surface area contributed by atoms with Gasteiger partial charge < -0.3 is 15.0 Å². The van der Waals surface area contributed by atoms with E-state index in [1.165, 1.54) is 17.0 Å². The van der Waals surface area contributed by atoms with E-state index in [1.54, 1.807) is 24.3 Å². The van der Waals surface area contributed by atoms with E-state index in [1.807, 2.05) is 18.2 Å². The number of carbonyl (C=O) groups is 2. The van der Waals surface area contributed by atoms with Gasteiger partial charge in [0.25, 0.3) is 5.91 Å². The average Bonchev–Trinajstić information content (AvgIpc) is 2.61. The number of ether oxygens (including phenoxy) is 1. The Bertz CT molecular complexity index is 736. The molecule has 1 heterocycles. The molecule has 2 aromatic carbocycles.